The van der Waals surface area contributed by atoms with Crippen LogP contribution >= 0.6 is 23.2 Å². The summed E-state index contributed by atoms with van der Waals surface area (Å²) in [7, 11) is 0. The molecule has 1 rings (SSSR count). The number of nitrogens with one attached hydrogen (secondary N) is 2. The van der Waals surface area contributed by atoms with Crippen LogP contribution in [0.15, 0.2) is 12.1 Å². The van der Waals surface area contributed by atoms with Crippen molar-refractivity contribution >= 4 is 40.9 Å². The van der Waals surface area contributed by atoms with E-state index in [4.69, 9.17) is 28.3 Å². The number of hydrogen-bond acceptors (Lipinski definition) is 2. The molecule has 0 aliphatic carbocycles. The van der Waals surface area contributed by atoms with Crippen LogP contribution in [0.3, 0.4) is 0 Å². The molecule has 0 fully saturated rings. The highest BCUT2D eigenvalue weighted by molar-refractivity contribution is 6.35. The van der Waals surface area contributed by atoms with E-state index in [0.717, 1.165) is 0 Å². The molecule has 0 bridgehead atoms. The molecule has 0 spiro atoms. The maximum Gasteiger partial charge on any atom is 0.329 e. The van der Waals surface area contributed by atoms with Gasteiger partial charge in [0.1, 0.15) is 5.54 Å². The number of halogens is 3. The minimum Gasteiger partial charge on any atom is -0.480 e. The number of urea groups is 1. The number of hydrogen-bond donors (Lipinski definition) is 3. The second-order valence-corrected chi connectivity index (χ2v) is 5.14. The third-order valence-corrected chi connectivity index (χ3v) is 3.36. The van der Waals surface area contributed by atoms with Gasteiger partial charge >= 0.3 is 12.0 Å². The maximum atomic E-state index is 13.2. The van der Waals surface area contributed by atoms with E-state index in [1.165, 1.54) is 19.1 Å². The minimum absolute atomic E-state index is 0.155. The van der Waals surface area contributed by atoms with E-state index >= 15 is 0 Å². The van der Waals surface area contributed by atoms with Crippen molar-refractivity contribution in [2.45, 2.75) is 25.8 Å². The summed E-state index contributed by atoms with van der Waals surface area (Å²) in [5, 5.41) is 13.2. The second-order valence-electron chi connectivity index (χ2n) is 4.32. The Bertz CT molecular complexity index is 530. The molecule has 1 aromatic rings. The molecule has 0 heterocycles. The molecule has 0 aliphatic rings. The lowest BCUT2D eigenvalue weighted by atomic mass is 10.00. The van der Waals surface area contributed by atoms with Crippen molar-refractivity contribution in [1.82, 2.24) is 5.32 Å². The normalized spacial score (nSPS) is 13.4. The Balaban J connectivity index is 2.84. The molecule has 0 aromatic heterocycles. The number of carboxylic acids is 1. The highest BCUT2D eigenvalue weighted by atomic mass is 35.5. The van der Waals surface area contributed by atoms with E-state index in [1.54, 1.807) is 6.92 Å². The average Bonchev–Trinajstić information content (AvgIpc) is 2.35. The van der Waals surface area contributed by atoms with Crippen LogP contribution in [0.2, 0.25) is 10.0 Å². The Morgan fingerprint density at radius 2 is 1.85 bits per heavy atom. The number of amides is 2. The van der Waals surface area contributed by atoms with Gasteiger partial charge < -0.3 is 15.7 Å². The van der Waals surface area contributed by atoms with Crippen molar-refractivity contribution < 1.29 is 19.1 Å². The van der Waals surface area contributed by atoms with Gasteiger partial charge in [-0.3, -0.25) is 0 Å². The van der Waals surface area contributed by atoms with E-state index < -0.39 is 23.4 Å². The van der Waals surface area contributed by atoms with Crippen LogP contribution in [-0.2, 0) is 4.79 Å². The van der Waals surface area contributed by atoms with Gasteiger partial charge in [-0.2, -0.15) is 0 Å². The molecule has 0 saturated carbocycles. The lowest BCUT2D eigenvalue weighted by Crippen LogP contribution is -2.53. The molecule has 5 nitrogen and oxygen atoms in total. The Morgan fingerprint density at radius 1 is 1.35 bits per heavy atom. The zero-order valence-electron chi connectivity index (χ0n) is 10.8. The van der Waals surface area contributed by atoms with Crippen LogP contribution < -0.4 is 10.6 Å². The van der Waals surface area contributed by atoms with Crippen molar-refractivity contribution in [3.63, 3.8) is 0 Å². The number of rotatable bonds is 4. The molecule has 20 heavy (non-hydrogen) atoms. The summed E-state index contributed by atoms with van der Waals surface area (Å²) in [4.78, 5) is 22.8. The highest BCUT2D eigenvalue weighted by Gasteiger charge is 2.32. The largest absolute Gasteiger partial charge is 0.480 e. The number of carbonyl (C=O) groups excluding carboxylic acids is 1. The molecular formula is C12H13Cl2FN2O3. The first kappa shape index (κ1) is 16.5. The molecule has 3 N–H and O–H groups in total. The summed E-state index contributed by atoms with van der Waals surface area (Å²) in [5.41, 5.74) is -1.25. The van der Waals surface area contributed by atoms with Gasteiger partial charge in [0.25, 0.3) is 0 Å². The van der Waals surface area contributed by atoms with E-state index in [-0.39, 0.29) is 22.2 Å². The Morgan fingerprint density at radius 3 is 2.25 bits per heavy atom. The van der Waals surface area contributed by atoms with Crippen LogP contribution in [0, 0.1) is 5.82 Å². The third-order valence-electron chi connectivity index (χ3n) is 2.81. The summed E-state index contributed by atoms with van der Waals surface area (Å²) >= 11 is 11.2. The van der Waals surface area contributed by atoms with Gasteiger partial charge in [0.05, 0.1) is 10.0 Å². The van der Waals surface area contributed by atoms with Crippen molar-refractivity contribution in [2.75, 3.05) is 5.32 Å². The number of anilines is 1. The molecule has 0 saturated heterocycles. The summed E-state index contributed by atoms with van der Waals surface area (Å²) in [6, 6.07) is 1.59. The van der Waals surface area contributed by atoms with Gasteiger partial charge in [0.2, 0.25) is 0 Å². The van der Waals surface area contributed by atoms with Crippen molar-refractivity contribution in [3.8, 4) is 0 Å². The number of carbonyl (C=O) groups is 2. The van der Waals surface area contributed by atoms with Crippen molar-refractivity contribution in [2.24, 2.45) is 0 Å². The van der Waals surface area contributed by atoms with Gasteiger partial charge in [-0.05, 0) is 25.5 Å². The van der Waals surface area contributed by atoms with Crippen molar-refractivity contribution in [3.05, 3.63) is 28.0 Å². The van der Waals surface area contributed by atoms with Crippen LogP contribution in [0.1, 0.15) is 20.3 Å². The molecule has 2 amide bonds. The fourth-order valence-corrected chi connectivity index (χ4v) is 1.82. The van der Waals surface area contributed by atoms with Gasteiger partial charge in [-0.15, -0.1) is 0 Å². The predicted octanol–water partition coefficient (Wildman–Crippen LogP) is 3.51. The lowest BCUT2D eigenvalue weighted by molar-refractivity contribution is -0.143. The van der Waals surface area contributed by atoms with Crippen LogP contribution in [0.25, 0.3) is 0 Å². The van der Waals surface area contributed by atoms with Gasteiger partial charge in [0.15, 0.2) is 5.82 Å². The van der Waals surface area contributed by atoms with Gasteiger partial charge in [0, 0.05) is 5.69 Å². The average molecular weight is 323 g/mol. The predicted molar refractivity (Wildman–Crippen MR) is 74.9 cm³/mol. The number of carboxylic acid groups (broad SMARTS) is 1. The van der Waals surface area contributed by atoms with Gasteiger partial charge in [-0.1, -0.05) is 30.1 Å². The first-order valence-corrected chi connectivity index (χ1v) is 6.42. The summed E-state index contributed by atoms with van der Waals surface area (Å²) in [6.45, 7) is 3.00. The van der Waals surface area contributed by atoms with Crippen LogP contribution in [0.5, 0.6) is 0 Å². The third kappa shape index (κ3) is 3.74. The van der Waals surface area contributed by atoms with E-state index in [9.17, 15) is 14.0 Å². The second kappa shape index (κ2) is 6.28. The summed E-state index contributed by atoms with van der Waals surface area (Å²) in [5.74, 6) is -1.95. The lowest BCUT2D eigenvalue weighted by Gasteiger charge is -2.24. The summed E-state index contributed by atoms with van der Waals surface area (Å²) in [6.07, 6.45) is 0.195. The van der Waals surface area contributed by atoms with Crippen LogP contribution in [0.4, 0.5) is 14.9 Å². The molecule has 1 aromatic carbocycles. The molecular weight excluding hydrogens is 310 g/mol. The first-order chi connectivity index (χ1) is 9.19. The smallest absolute Gasteiger partial charge is 0.329 e. The SMILES string of the molecule is CCC(C)(NC(=O)Nc1cc(Cl)c(F)c(Cl)c1)C(=O)O. The minimum atomic E-state index is -1.41. The molecule has 0 aliphatic heterocycles. The Labute approximate surface area is 125 Å². The highest BCUT2D eigenvalue weighted by Crippen LogP contribution is 2.27. The first-order valence-electron chi connectivity index (χ1n) is 5.66. The fraction of sp³-hybridized carbons (Fsp3) is 0.333. The number of benzene rings is 1. The Kier molecular flexibility index (Phi) is 5.19. The quantitative estimate of drug-likeness (QED) is 0.742. The van der Waals surface area contributed by atoms with Crippen molar-refractivity contribution in [1.29, 1.82) is 0 Å². The zero-order valence-corrected chi connectivity index (χ0v) is 12.3. The standard InChI is InChI=1S/C12H13Cl2FN2O3/c1-3-12(2,10(18)19)17-11(20)16-6-4-7(13)9(15)8(14)5-6/h4-5H,3H2,1-2H3,(H,18,19)(H2,16,17,20). The summed E-state index contributed by atoms with van der Waals surface area (Å²) < 4.78 is 13.2. The topological polar surface area (TPSA) is 78.4 Å². The van der Waals surface area contributed by atoms with Crippen LogP contribution in [-0.4, -0.2) is 22.6 Å². The molecule has 0 radical (unpaired) electrons. The Hall–Kier alpha value is -1.53. The van der Waals surface area contributed by atoms with E-state index in [2.05, 4.69) is 10.6 Å². The molecule has 8 heteroatoms. The van der Waals surface area contributed by atoms with E-state index in [1.807, 2.05) is 0 Å². The molecule has 1 unspecified atom stereocenters. The monoisotopic (exact) mass is 322 g/mol. The zero-order chi connectivity index (χ0) is 15.5. The molecule has 1 atom stereocenters. The fourth-order valence-electron chi connectivity index (χ4n) is 1.33. The maximum absolute atomic E-state index is 13.2. The van der Waals surface area contributed by atoms with E-state index in [0.29, 0.717) is 0 Å². The van der Waals surface area contributed by atoms with Gasteiger partial charge in [-0.25, -0.2) is 14.0 Å². The number of aliphatic carboxylic acids is 1. The molecule has 110 valence electrons.